The standard InChI is InChI=1S/C13H12N2O.2C2H6/c1-4-12-11(14-3)7-13(16-12)10-6-5-9(2)8-15-10;2*1-2/h4-8H,1,3H2,2H3;2*1-2H3. The summed E-state index contributed by atoms with van der Waals surface area (Å²) in [7, 11) is 0. The Kier molecular flexibility index (Phi) is 8.68. The van der Waals surface area contributed by atoms with Gasteiger partial charge < -0.3 is 4.42 Å². The van der Waals surface area contributed by atoms with Crippen LogP contribution in [0.2, 0.25) is 0 Å². The molecule has 3 nitrogen and oxygen atoms in total. The zero-order valence-corrected chi connectivity index (χ0v) is 13.1. The average molecular weight is 272 g/mol. The van der Waals surface area contributed by atoms with Crippen molar-refractivity contribution in [3.05, 3.63) is 42.3 Å². The maximum Gasteiger partial charge on any atom is 0.155 e. The summed E-state index contributed by atoms with van der Waals surface area (Å²) in [5, 5.41) is 0. The molecule has 0 aliphatic carbocycles. The Morgan fingerprint density at radius 2 is 1.85 bits per heavy atom. The summed E-state index contributed by atoms with van der Waals surface area (Å²) in [4.78, 5) is 8.14. The molecular formula is C17H24N2O. The number of aliphatic imine (C=N–C) groups is 1. The van der Waals surface area contributed by atoms with E-state index in [9.17, 15) is 0 Å². The van der Waals surface area contributed by atoms with Crippen LogP contribution >= 0.6 is 0 Å². The smallest absolute Gasteiger partial charge is 0.155 e. The Labute approximate surface area is 122 Å². The number of hydrogen-bond acceptors (Lipinski definition) is 3. The van der Waals surface area contributed by atoms with Gasteiger partial charge in [0, 0.05) is 12.3 Å². The van der Waals surface area contributed by atoms with Gasteiger partial charge in [-0.1, -0.05) is 40.3 Å². The van der Waals surface area contributed by atoms with Crippen molar-refractivity contribution in [2.45, 2.75) is 34.6 Å². The number of hydrogen-bond donors (Lipinski definition) is 0. The van der Waals surface area contributed by atoms with Gasteiger partial charge in [-0.3, -0.25) is 9.98 Å². The molecule has 0 amide bonds. The highest BCUT2D eigenvalue weighted by Gasteiger charge is 2.09. The fourth-order valence-electron chi connectivity index (χ4n) is 1.41. The molecule has 0 atom stereocenters. The lowest BCUT2D eigenvalue weighted by Crippen LogP contribution is -1.81. The van der Waals surface area contributed by atoms with Gasteiger partial charge in [0.2, 0.25) is 0 Å². The molecule has 0 saturated heterocycles. The summed E-state index contributed by atoms with van der Waals surface area (Å²) in [6, 6.07) is 5.70. The first-order chi connectivity index (χ1) is 9.74. The van der Waals surface area contributed by atoms with E-state index in [0.717, 1.165) is 11.3 Å². The van der Waals surface area contributed by atoms with Crippen molar-refractivity contribution in [1.29, 1.82) is 0 Å². The molecule has 2 rings (SSSR count). The molecule has 0 aliphatic rings. The molecule has 2 heterocycles. The third-order valence-corrected chi connectivity index (χ3v) is 2.26. The molecule has 0 bridgehead atoms. The molecule has 0 aliphatic heterocycles. The van der Waals surface area contributed by atoms with Crippen LogP contribution < -0.4 is 0 Å². The second kappa shape index (κ2) is 9.73. The molecule has 0 saturated carbocycles. The van der Waals surface area contributed by atoms with Crippen LogP contribution in [-0.4, -0.2) is 11.7 Å². The molecule has 108 valence electrons. The van der Waals surface area contributed by atoms with Crippen LogP contribution in [-0.2, 0) is 0 Å². The lowest BCUT2D eigenvalue weighted by molar-refractivity contribution is 0.570. The third-order valence-electron chi connectivity index (χ3n) is 2.26. The van der Waals surface area contributed by atoms with E-state index >= 15 is 0 Å². The summed E-state index contributed by atoms with van der Waals surface area (Å²) >= 11 is 0. The molecule has 0 unspecified atom stereocenters. The van der Waals surface area contributed by atoms with E-state index in [0.29, 0.717) is 17.2 Å². The molecule has 0 fully saturated rings. The minimum absolute atomic E-state index is 0.618. The first-order valence-electron chi connectivity index (χ1n) is 6.90. The molecule has 2 aromatic heterocycles. The molecule has 0 radical (unpaired) electrons. The summed E-state index contributed by atoms with van der Waals surface area (Å²) in [5.74, 6) is 1.30. The molecule has 0 aromatic carbocycles. The highest BCUT2D eigenvalue weighted by Crippen LogP contribution is 2.30. The fourth-order valence-corrected chi connectivity index (χ4v) is 1.41. The minimum Gasteiger partial charge on any atom is -0.453 e. The van der Waals surface area contributed by atoms with Crippen molar-refractivity contribution in [3.8, 4) is 11.5 Å². The first-order valence-corrected chi connectivity index (χ1v) is 6.90. The second-order valence-corrected chi connectivity index (χ2v) is 3.44. The number of rotatable bonds is 3. The monoisotopic (exact) mass is 272 g/mol. The zero-order valence-electron chi connectivity index (χ0n) is 13.1. The Bertz CT molecular complexity index is 499. The molecular weight excluding hydrogens is 248 g/mol. The van der Waals surface area contributed by atoms with Crippen molar-refractivity contribution < 1.29 is 4.42 Å². The predicted octanol–water partition coefficient (Wildman–Crippen LogP) is 5.68. The van der Waals surface area contributed by atoms with E-state index in [1.165, 1.54) is 0 Å². The van der Waals surface area contributed by atoms with E-state index in [1.54, 1.807) is 12.3 Å². The van der Waals surface area contributed by atoms with Gasteiger partial charge in [0.05, 0.1) is 0 Å². The van der Waals surface area contributed by atoms with Crippen LogP contribution in [0.3, 0.4) is 0 Å². The minimum atomic E-state index is 0.618. The van der Waals surface area contributed by atoms with Crippen LogP contribution in [0.15, 0.2) is 40.4 Å². The highest BCUT2D eigenvalue weighted by molar-refractivity contribution is 5.68. The summed E-state index contributed by atoms with van der Waals surface area (Å²) in [5.41, 5.74) is 2.58. The summed E-state index contributed by atoms with van der Waals surface area (Å²) in [6.45, 7) is 17.1. The maximum atomic E-state index is 5.57. The van der Waals surface area contributed by atoms with Gasteiger partial charge in [-0.2, -0.15) is 0 Å². The van der Waals surface area contributed by atoms with E-state index < -0.39 is 0 Å². The van der Waals surface area contributed by atoms with Crippen molar-refractivity contribution in [2.75, 3.05) is 0 Å². The van der Waals surface area contributed by atoms with Gasteiger partial charge in [-0.25, -0.2) is 0 Å². The van der Waals surface area contributed by atoms with Gasteiger partial charge in [0.25, 0.3) is 0 Å². The average Bonchev–Trinajstić information content (AvgIpc) is 2.95. The molecule has 0 spiro atoms. The Morgan fingerprint density at radius 1 is 1.20 bits per heavy atom. The first kappa shape index (κ1) is 17.8. The van der Waals surface area contributed by atoms with Gasteiger partial charge in [0.1, 0.15) is 11.4 Å². The van der Waals surface area contributed by atoms with Crippen LogP contribution in [0.4, 0.5) is 5.69 Å². The number of aryl methyl sites for hydroxylation is 1. The van der Waals surface area contributed by atoms with Crippen molar-refractivity contribution in [1.82, 2.24) is 4.98 Å². The van der Waals surface area contributed by atoms with Gasteiger partial charge in [-0.15, -0.1) is 0 Å². The van der Waals surface area contributed by atoms with Crippen molar-refractivity contribution in [3.63, 3.8) is 0 Å². The Morgan fingerprint density at radius 3 is 2.25 bits per heavy atom. The van der Waals surface area contributed by atoms with Crippen LogP contribution in [0.1, 0.15) is 39.0 Å². The Balaban J connectivity index is 0.000000829. The Hall–Kier alpha value is -2.16. The van der Waals surface area contributed by atoms with E-state index in [1.807, 2.05) is 52.8 Å². The summed E-state index contributed by atoms with van der Waals surface area (Å²) in [6.07, 6.45) is 3.41. The zero-order chi connectivity index (χ0) is 15.5. The third kappa shape index (κ3) is 4.50. The fraction of sp³-hybridized carbons (Fsp3) is 0.294. The van der Waals surface area contributed by atoms with Crippen LogP contribution in [0.5, 0.6) is 0 Å². The second-order valence-electron chi connectivity index (χ2n) is 3.44. The van der Waals surface area contributed by atoms with Gasteiger partial charge in [-0.05, 0) is 31.3 Å². The van der Waals surface area contributed by atoms with Crippen molar-refractivity contribution >= 4 is 18.5 Å². The molecule has 20 heavy (non-hydrogen) atoms. The maximum absolute atomic E-state index is 5.57. The largest absolute Gasteiger partial charge is 0.453 e. The number of furan rings is 1. The van der Waals surface area contributed by atoms with Crippen LogP contribution in [0, 0.1) is 6.92 Å². The number of aromatic nitrogens is 1. The number of nitrogens with zero attached hydrogens (tertiary/aromatic N) is 2. The van der Waals surface area contributed by atoms with Gasteiger partial charge in [0.15, 0.2) is 11.5 Å². The van der Waals surface area contributed by atoms with E-state index in [2.05, 4.69) is 23.3 Å². The lowest BCUT2D eigenvalue weighted by Gasteiger charge is -1.95. The van der Waals surface area contributed by atoms with Crippen LogP contribution in [0.25, 0.3) is 17.5 Å². The SMILES string of the molecule is C=Cc1oc(-c2ccc(C)cn2)cc1N=C.CC.CC. The van der Waals surface area contributed by atoms with Gasteiger partial charge >= 0.3 is 0 Å². The normalized spacial score (nSPS) is 8.65. The number of pyridine rings is 1. The lowest BCUT2D eigenvalue weighted by atomic mass is 10.2. The molecule has 2 aromatic rings. The quantitative estimate of drug-likeness (QED) is 0.674. The predicted molar refractivity (Wildman–Crippen MR) is 88.7 cm³/mol. The van der Waals surface area contributed by atoms with E-state index in [4.69, 9.17) is 4.42 Å². The summed E-state index contributed by atoms with van der Waals surface area (Å²) < 4.78 is 5.57. The highest BCUT2D eigenvalue weighted by atomic mass is 16.3. The van der Waals surface area contributed by atoms with E-state index in [-0.39, 0.29) is 0 Å². The van der Waals surface area contributed by atoms with Crippen molar-refractivity contribution in [2.24, 2.45) is 4.99 Å². The molecule has 3 heteroatoms. The topological polar surface area (TPSA) is 38.4 Å². The molecule has 0 N–H and O–H groups in total.